The first-order chi connectivity index (χ1) is 18.6. The molecule has 39 heavy (non-hydrogen) atoms. The summed E-state index contributed by atoms with van der Waals surface area (Å²) in [4.78, 5) is 33.7. The Morgan fingerprint density at radius 3 is 2.64 bits per heavy atom. The number of aromatic amines is 1. The maximum Gasteiger partial charge on any atom is 0.256 e. The molecule has 1 aromatic heterocycles. The average Bonchev–Trinajstić information content (AvgIpc) is 3.37. The molecule has 0 aromatic carbocycles. The fourth-order valence-electron chi connectivity index (χ4n) is 5.65. The number of likely N-dealkylation sites (N-methyl/N-ethyl adjacent to an activating group) is 1. The van der Waals surface area contributed by atoms with Crippen LogP contribution in [-0.2, 0) is 19.4 Å². The number of sulfone groups is 1. The summed E-state index contributed by atoms with van der Waals surface area (Å²) in [5.41, 5.74) is 5.28. The van der Waals surface area contributed by atoms with Crippen molar-refractivity contribution in [3.8, 4) is 0 Å². The molecule has 1 unspecified atom stereocenters. The van der Waals surface area contributed by atoms with Crippen LogP contribution in [0.3, 0.4) is 0 Å². The first kappa shape index (κ1) is 27.2. The molecule has 2 saturated heterocycles. The van der Waals surface area contributed by atoms with Crippen molar-refractivity contribution in [2.45, 2.75) is 38.4 Å². The van der Waals surface area contributed by atoms with Gasteiger partial charge in [0, 0.05) is 48.8 Å². The monoisotopic (exact) mass is 552 g/mol. The molecule has 4 aliphatic rings. The van der Waals surface area contributed by atoms with E-state index in [9.17, 15) is 18.0 Å². The van der Waals surface area contributed by atoms with Crippen LogP contribution in [0.1, 0.15) is 46.6 Å². The Hall–Kier alpha value is -3.37. The predicted octanol–water partition coefficient (Wildman–Crippen LogP) is 2.78. The number of hydrogen-bond donors (Lipinski definition) is 2. The van der Waals surface area contributed by atoms with Crippen LogP contribution in [0.4, 0.5) is 0 Å². The fraction of sp³-hybridized carbons (Fsp3) is 0.448. The number of aromatic nitrogens is 1. The van der Waals surface area contributed by atoms with Gasteiger partial charge in [-0.3, -0.25) is 9.59 Å². The maximum atomic E-state index is 13.4. The first-order valence-corrected chi connectivity index (χ1v) is 15.1. The molecule has 2 amide bonds. The summed E-state index contributed by atoms with van der Waals surface area (Å²) in [6.07, 6.45) is 10.7. The molecule has 0 radical (unpaired) electrons. The number of nitrogens with one attached hydrogen (secondary N) is 2. The largest absolute Gasteiger partial charge is 0.497 e. The van der Waals surface area contributed by atoms with E-state index in [4.69, 9.17) is 4.74 Å². The molecule has 0 spiro atoms. The van der Waals surface area contributed by atoms with E-state index < -0.39 is 15.1 Å². The molecule has 10 heteroatoms. The van der Waals surface area contributed by atoms with E-state index in [1.807, 2.05) is 37.9 Å². The van der Waals surface area contributed by atoms with E-state index in [1.165, 1.54) is 0 Å². The summed E-state index contributed by atoms with van der Waals surface area (Å²) in [6.45, 7) is 6.77. The molecule has 2 fully saturated rings. The van der Waals surface area contributed by atoms with Gasteiger partial charge < -0.3 is 24.8 Å². The Bertz CT molecular complexity index is 1470. The zero-order valence-electron chi connectivity index (χ0n) is 23.0. The number of carbonyl (C=O) groups excluding carboxylic acids is 2. The van der Waals surface area contributed by atoms with E-state index in [0.29, 0.717) is 59.8 Å². The van der Waals surface area contributed by atoms with E-state index in [2.05, 4.69) is 15.2 Å². The predicted molar refractivity (Wildman–Crippen MR) is 151 cm³/mol. The van der Waals surface area contributed by atoms with Crippen LogP contribution in [0.15, 0.2) is 52.5 Å². The van der Waals surface area contributed by atoms with Gasteiger partial charge >= 0.3 is 0 Å². The van der Waals surface area contributed by atoms with Gasteiger partial charge in [-0.05, 0) is 63.9 Å². The third kappa shape index (κ3) is 5.40. The van der Waals surface area contributed by atoms with Crippen molar-refractivity contribution >= 4 is 27.7 Å². The number of fused-ring (bicyclic) bond motifs is 1. The summed E-state index contributed by atoms with van der Waals surface area (Å²) >= 11 is 0. The van der Waals surface area contributed by atoms with Crippen LogP contribution in [0.25, 0.3) is 6.08 Å². The minimum Gasteiger partial charge on any atom is -0.497 e. The summed E-state index contributed by atoms with van der Waals surface area (Å²) in [5, 5.41) is 2.14. The van der Waals surface area contributed by atoms with Crippen LogP contribution in [0, 0.1) is 13.8 Å². The number of carbonyl (C=O) groups is 2. The lowest BCUT2D eigenvalue weighted by molar-refractivity contribution is -0.115. The minimum absolute atomic E-state index is 0.0120. The lowest BCUT2D eigenvalue weighted by Crippen LogP contribution is -2.47. The summed E-state index contributed by atoms with van der Waals surface area (Å²) < 4.78 is 32.0. The molecule has 9 nitrogen and oxygen atoms in total. The van der Waals surface area contributed by atoms with Gasteiger partial charge in [-0.25, -0.2) is 8.42 Å². The molecule has 2 aliphatic carbocycles. The number of nitrogens with zero attached hydrogens (tertiary/aromatic N) is 2. The second kappa shape index (κ2) is 10.7. The topological polar surface area (TPSA) is 112 Å². The van der Waals surface area contributed by atoms with Crippen LogP contribution >= 0.6 is 0 Å². The highest BCUT2D eigenvalue weighted by molar-refractivity contribution is 7.92. The van der Waals surface area contributed by atoms with Crippen molar-refractivity contribution in [3.63, 3.8) is 0 Å². The van der Waals surface area contributed by atoms with Crippen LogP contribution < -0.4 is 5.32 Å². The van der Waals surface area contributed by atoms with Gasteiger partial charge in [-0.2, -0.15) is 0 Å². The molecular weight excluding hydrogens is 516 g/mol. The van der Waals surface area contributed by atoms with Crippen LogP contribution in [0.5, 0.6) is 0 Å². The third-order valence-corrected chi connectivity index (χ3v) is 10.0. The number of methoxy groups -OCH3 is 1. The van der Waals surface area contributed by atoms with Crippen LogP contribution in [-0.4, -0.2) is 86.4 Å². The summed E-state index contributed by atoms with van der Waals surface area (Å²) in [5.74, 6) is 0.350. The standard InChI is InChI=1S/C29H36N4O5S/c1-18-26(30-19(2)27(18)29(35)33-12-10-32(3)11-13-33)16-24-23-15-22(8-9-25(23)31-28(24)34)39(36,37)17-20-6-5-7-21(14-20)38-4/h7,9,14-16,22,30H,5-6,8,10-13,17H2,1-4H3,(H,31,34). The SMILES string of the molecule is COC1=CCCC(CS(=O)(=O)C2C=C3C(=CC2)NC(=O)C3=Cc2[nH]c(C)c(C(=O)N3CCN(C)CC3)c2C)=C1. The van der Waals surface area contributed by atoms with Crippen molar-refractivity contribution in [2.75, 3.05) is 46.1 Å². The Balaban J connectivity index is 1.42. The molecule has 3 heterocycles. The Morgan fingerprint density at radius 1 is 1.18 bits per heavy atom. The molecule has 2 aliphatic heterocycles. The molecule has 208 valence electrons. The molecule has 1 aromatic rings. The number of H-pyrrole nitrogens is 1. The number of amides is 2. The number of hydrogen-bond acceptors (Lipinski definition) is 6. The summed E-state index contributed by atoms with van der Waals surface area (Å²) in [6, 6.07) is 0. The van der Waals surface area contributed by atoms with E-state index in [-0.39, 0.29) is 17.6 Å². The Kier molecular flexibility index (Phi) is 7.43. The third-order valence-electron chi connectivity index (χ3n) is 7.99. The van der Waals surface area contributed by atoms with Gasteiger partial charge in [-0.15, -0.1) is 0 Å². The molecule has 0 bridgehead atoms. The van der Waals surface area contributed by atoms with E-state index >= 15 is 0 Å². The van der Waals surface area contributed by atoms with Gasteiger partial charge in [0.1, 0.15) is 5.76 Å². The van der Waals surface area contributed by atoms with Gasteiger partial charge in [0.25, 0.3) is 11.8 Å². The van der Waals surface area contributed by atoms with Gasteiger partial charge in [0.15, 0.2) is 9.84 Å². The van der Waals surface area contributed by atoms with Crippen molar-refractivity contribution in [2.24, 2.45) is 0 Å². The normalized spacial score (nSPS) is 23.1. The van der Waals surface area contributed by atoms with Gasteiger partial charge in [0.05, 0.1) is 29.2 Å². The lowest BCUT2D eigenvalue weighted by Gasteiger charge is -2.32. The second-order valence-corrected chi connectivity index (χ2v) is 12.9. The van der Waals surface area contributed by atoms with Crippen molar-refractivity contribution in [1.82, 2.24) is 20.1 Å². The number of ether oxygens (including phenoxy) is 1. The average molecular weight is 553 g/mol. The highest BCUT2D eigenvalue weighted by Crippen LogP contribution is 2.35. The maximum absolute atomic E-state index is 13.4. The molecule has 2 N–H and O–H groups in total. The highest BCUT2D eigenvalue weighted by atomic mass is 32.2. The van der Waals surface area contributed by atoms with Crippen LogP contribution in [0.2, 0.25) is 0 Å². The zero-order valence-corrected chi connectivity index (χ0v) is 23.8. The lowest BCUT2D eigenvalue weighted by atomic mass is 9.98. The molecule has 1 atom stereocenters. The van der Waals surface area contributed by atoms with Crippen molar-refractivity contribution < 1.29 is 22.7 Å². The fourth-order valence-corrected chi connectivity index (χ4v) is 7.34. The second-order valence-electron chi connectivity index (χ2n) is 10.7. The van der Waals surface area contributed by atoms with Crippen molar-refractivity contribution in [3.05, 3.63) is 75.0 Å². The number of piperazine rings is 1. The molecule has 5 rings (SSSR count). The minimum atomic E-state index is -3.51. The Labute approximate surface area is 229 Å². The Morgan fingerprint density at radius 2 is 1.92 bits per heavy atom. The molecule has 0 saturated carbocycles. The van der Waals surface area contributed by atoms with Gasteiger partial charge in [0.2, 0.25) is 0 Å². The highest BCUT2D eigenvalue weighted by Gasteiger charge is 2.35. The quantitative estimate of drug-likeness (QED) is 0.525. The smallest absolute Gasteiger partial charge is 0.256 e. The molecular formula is C29H36N4O5S. The number of rotatable bonds is 6. The van der Waals surface area contributed by atoms with E-state index in [1.54, 1.807) is 25.3 Å². The van der Waals surface area contributed by atoms with Crippen molar-refractivity contribution in [1.29, 1.82) is 0 Å². The zero-order chi connectivity index (χ0) is 27.9. The first-order valence-electron chi connectivity index (χ1n) is 13.3. The number of allylic oxidation sites excluding steroid dienone is 4. The summed E-state index contributed by atoms with van der Waals surface area (Å²) in [7, 11) is 0.120. The number of aryl methyl sites for hydroxylation is 1. The van der Waals surface area contributed by atoms with Gasteiger partial charge in [-0.1, -0.05) is 17.7 Å². The van der Waals surface area contributed by atoms with E-state index in [0.717, 1.165) is 36.3 Å².